The van der Waals surface area contributed by atoms with Crippen LogP contribution in [0.4, 0.5) is 0 Å². The third-order valence-electron chi connectivity index (χ3n) is 10.8. The van der Waals surface area contributed by atoms with Gasteiger partial charge in [0.1, 0.15) is 12.1 Å². The van der Waals surface area contributed by atoms with Gasteiger partial charge in [0.25, 0.3) is 5.91 Å². The zero-order valence-corrected chi connectivity index (χ0v) is 27.9. The molecule has 2 aromatic rings. The number of aliphatic hydroxyl groups is 2. The number of fused-ring (bicyclic) bond motifs is 2. The number of amides is 2. The molecule has 1 saturated heterocycles. The lowest BCUT2D eigenvalue weighted by atomic mass is 9.45. The number of rotatable bonds is 11. The minimum atomic E-state index is -0.848. The van der Waals surface area contributed by atoms with Gasteiger partial charge in [-0.3, -0.25) is 14.4 Å². The largest absolute Gasteiger partial charge is 0.394 e. The van der Waals surface area contributed by atoms with Gasteiger partial charge in [0.2, 0.25) is 5.91 Å². The SMILES string of the molecule is CC(CN(C)C)NC(=O)c1cccc(-c2cccc(CN3O[C@@H](CO)[C@@H]([C@H](C)O)[C@H]3C(=O)N[C@H]3C[C@H]4C[C@@H]([C@@H]3C)C4(C)C)c2)c1. The highest BCUT2D eigenvalue weighted by Crippen LogP contribution is 2.61. The molecule has 1 heterocycles. The molecule has 45 heavy (non-hydrogen) atoms. The summed E-state index contributed by atoms with van der Waals surface area (Å²) in [6, 6.07) is 14.9. The fourth-order valence-electron chi connectivity index (χ4n) is 8.25. The molecule has 4 aliphatic rings. The molecule has 2 aromatic carbocycles. The molecule has 4 fully saturated rings. The van der Waals surface area contributed by atoms with E-state index >= 15 is 0 Å². The van der Waals surface area contributed by atoms with Crippen LogP contribution >= 0.6 is 0 Å². The molecule has 3 saturated carbocycles. The molecule has 0 aromatic heterocycles. The summed E-state index contributed by atoms with van der Waals surface area (Å²) in [5.41, 5.74) is 3.66. The number of carbonyl (C=O) groups excluding carboxylic acids is 2. The lowest BCUT2D eigenvalue weighted by Gasteiger charge is -2.62. The van der Waals surface area contributed by atoms with Gasteiger partial charge in [-0.05, 0) is 98.8 Å². The van der Waals surface area contributed by atoms with Crippen molar-refractivity contribution in [2.45, 2.75) is 84.3 Å². The lowest BCUT2D eigenvalue weighted by molar-refractivity contribution is -0.183. The summed E-state index contributed by atoms with van der Waals surface area (Å²) in [5, 5.41) is 29.0. The number of nitrogens with one attached hydrogen (secondary N) is 2. The van der Waals surface area contributed by atoms with E-state index in [-0.39, 0.29) is 30.5 Å². The Hall–Kier alpha value is -2.82. The van der Waals surface area contributed by atoms with Gasteiger partial charge in [-0.15, -0.1) is 0 Å². The van der Waals surface area contributed by atoms with Crippen LogP contribution in [0.3, 0.4) is 0 Å². The second-order valence-electron chi connectivity index (χ2n) is 14.7. The quantitative estimate of drug-likeness (QED) is 0.303. The molecule has 0 spiro atoms. The number of benzene rings is 2. The predicted molar refractivity (Wildman–Crippen MR) is 175 cm³/mol. The Kier molecular flexibility index (Phi) is 10.1. The van der Waals surface area contributed by atoms with Crippen molar-refractivity contribution >= 4 is 11.8 Å². The maximum atomic E-state index is 14.0. The van der Waals surface area contributed by atoms with Crippen LogP contribution in [0.2, 0.25) is 0 Å². The maximum Gasteiger partial charge on any atom is 0.251 e. The number of hydrogen-bond donors (Lipinski definition) is 4. The topological polar surface area (TPSA) is 114 Å². The van der Waals surface area contributed by atoms with Gasteiger partial charge in [0.15, 0.2) is 0 Å². The van der Waals surface area contributed by atoms with Crippen molar-refractivity contribution < 1.29 is 24.6 Å². The molecule has 9 nitrogen and oxygen atoms in total. The van der Waals surface area contributed by atoms with Crippen LogP contribution in [0.5, 0.6) is 0 Å². The molecule has 9 heteroatoms. The highest BCUT2D eigenvalue weighted by atomic mass is 16.7. The number of aliphatic hydroxyl groups excluding tert-OH is 2. The van der Waals surface area contributed by atoms with E-state index in [1.54, 1.807) is 12.0 Å². The van der Waals surface area contributed by atoms with Gasteiger partial charge in [0.05, 0.1) is 19.3 Å². The van der Waals surface area contributed by atoms with Crippen LogP contribution in [0.25, 0.3) is 11.1 Å². The van der Waals surface area contributed by atoms with Crippen LogP contribution in [0.15, 0.2) is 48.5 Å². The first-order valence-corrected chi connectivity index (χ1v) is 16.5. The standard InChI is InChI=1S/C36H52N4O5/c1-21(18-39(6)7)37-34(43)27-13-9-12-26(15-27)25-11-8-10-24(14-25)19-40-33(32(23(3)42)31(20-41)45-40)35(44)38-30-17-28-16-29(22(30)2)36(28,4)5/h8-15,21-23,28-33,41-42H,16-20H2,1-7H3,(H,37,43)(H,38,44)/t21?,22-,23-,28+,29-,30-,31-,32+,33-/m0/s1. The Labute approximate surface area is 268 Å². The molecule has 1 unspecified atom stereocenters. The number of hydrogen-bond acceptors (Lipinski definition) is 7. The smallest absolute Gasteiger partial charge is 0.251 e. The molecule has 0 radical (unpaired) electrons. The molecule has 1 aliphatic heterocycles. The minimum absolute atomic E-state index is 0.0113. The Morgan fingerprint density at radius 2 is 1.78 bits per heavy atom. The Morgan fingerprint density at radius 1 is 1.09 bits per heavy atom. The van der Waals surface area contributed by atoms with Crippen molar-refractivity contribution in [1.82, 2.24) is 20.6 Å². The highest BCUT2D eigenvalue weighted by Gasteiger charge is 2.57. The summed E-state index contributed by atoms with van der Waals surface area (Å²) in [6.45, 7) is 11.3. The third-order valence-corrected chi connectivity index (χ3v) is 10.8. The van der Waals surface area contributed by atoms with Crippen molar-refractivity contribution in [3.63, 3.8) is 0 Å². The number of hydroxylamine groups is 2. The number of nitrogens with zero attached hydrogens (tertiary/aromatic N) is 2. The van der Waals surface area contributed by atoms with Crippen molar-refractivity contribution in [3.05, 3.63) is 59.7 Å². The zero-order chi connectivity index (χ0) is 32.6. The van der Waals surface area contributed by atoms with Crippen LogP contribution in [-0.4, -0.2) is 89.6 Å². The van der Waals surface area contributed by atoms with Crippen LogP contribution < -0.4 is 10.6 Å². The predicted octanol–water partition coefficient (Wildman–Crippen LogP) is 3.69. The van der Waals surface area contributed by atoms with Gasteiger partial charge < -0.3 is 25.7 Å². The van der Waals surface area contributed by atoms with E-state index in [1.807, 2.05) is 74.4 Å². The van der Waals surface area contributed by atoms with E-state index in [1.165, 1.54) is 6.42 Å². The van der Waals surface area contributed by atoms with Gasteiger partial charge in [-0.25, -0.2) is 0 Å². The van der Waals surface area contributed by atoms with Crippen LogP contribution in [0, 0.1) is 29.1 Å². The minimum Gasteiger partial charge on any atom is -0.394 e. The van der Waals surface area contributed by atoms with Gasteiger partial charge in [-0.2, -0.15) is 5.06 Å². The van der Waals surface area contributed by atoms with Crippen LogP contribution in [0.1, 0.15) is 63.4 Å². The summed E-state index contributed by atoms with van der Waals surface area (Å²) in [5.74, 6) is 0.706. The van der Waals surface area contributed by atoms with E-state index in [0.717, 1.165) is 29.7 Å². The molecule has 6 rings (SSSR count). The van der Waals surface area contributed by atoms with Gasteiger partial charge in [0, 0.05) is 30.1 Å². The molecule has 9 atom stereocenters. The number of likely N-dealkylation sites (N-methyl/N-ethyl adjacent to an activating group) is 1. The molecule has 2 amide bonds. The first kappa shape index (κ1) is 33.5. The Bertz CT molecular complexity index is 1360. The van der Waals surface area contributed by atoms with E-state index < -0.39 is 24.2 Å². The summed E-state index contributed by atoms with van der Waals surface area (Å²) < 4.78 is 0. The summed E-state index contributed by atoms with van der Waals surface area (Å²) in [4.78, 5) is 35.1. The third kappa shape index (κ3) is 6.98. The van der Waals surface area contributed by atoms with Gasteiger partial charge >= 0.3 is 0 Å². The van der Waals surface area contributed by atoms with Crippen LogP contribution in [-0.2, 0) is 16.2 Å². The number of carbonyl (C=O) groups is 2. The van der Waals surface area contributed by atoms with Crippen molar-refractivity contribution in [2.24, 2.45) is 29.1 Å². The molecule has 2 bridgehead atoms. The van der Waals surface area contributed by atoms with E-state index in [9.17, 15) is 19.8 Å². The lowest BCUT2D eigenvalue weighted by Crippen LogP contribution is -2.62. The molecule has 3 aliphatic carbocycles. The Morgan fingerprint density at radius 3 is 2.40 bits per heavy atom. The molecule has 4 N–H and O–H groups in total. The first-order valence-electron chi connectivity index (χ1n) is 16.5. The molecule has 246 valence electrons. The average Bonchev–Trinajstić information content (AvgIpc) is 3.36. The maximum absolute atomic E-state index is 14.0. The van der Waals surface area contributed by atoms with E-state index in [0.29, 0.717) is 35.3 Å². The van der Waals surface area contributed by atoms with E-state index in [2.05, 4.69) is 31.4 Å². The normalized spacial score (nSPS) is 30.4. The molecular weight excluding hydrogens is 568 g/mol. The van der Waals surface area contributed by atoms with Crippen molar-refractivity contribution in [2.75, 3.05) is 27.2 Å². The van der Waals surface area contributed by atoms with Crippen molar-refractivity contribution in [3.8, 4) is 11.1 Å². The molecular formula is C36H52N4O5. The zero-order valence-electron chi connectivity index (χ0n) is 27.9. The monoisotopic (exact) mass is 620 g/mol. The fraction of sp³-hybridized carbons (Fsp3) is 0.611. The van der Waals surface area contributed by atoms with E-state index in [4.69, 9.17) is 4.84 Å². The van der Waals surface area contributed by atoms with Crippen molar-refractivity contribution in [1.29, 1.82) is 0 Å². The Balaban J connectivity index is 1.33. The fourth-order valence-corrected chi connectivity index (χ4v) is 8.25. The average molecular weight is 621 g/mol. The van der Waals surface area contributed by atoms with Gasteiger partial charge in [-0.1, -0.05) is 51.1 Å². The first-order chi connectivity index (χ1) is 21.3. The second-order valence-corrected chi connectivity index (χ2v) is 14.7. The second kappa shape index (κ2) is 13.5. The summed E-state index contributed by atoms with van der Waals surface area (Å²) in [6.07, 6.45) is 0.645. The highest BCUT2D eigenvalue weighted by molar-refractivity contribution is 5.95. The summed E-state index contributed by atoms with van der Waals surface area (Å²) in [7, 11) is 3.96. The summed E-state index contributed by atoms with van der Waals surface area (Å²) >= 11 is 0.